The number of esters is 1. The van der Waals surface area contributed by atoms with Gasteiger partial charge in [-0.1, -0.05) is 13.0 Å². The molecule has 0 aliphatic carbocycles. The van der Waals surface area contributed by atoms with Gasteiger partial charge in [0.1, 0.15) is 11.5 Å². The topological polar surface area (TPSA) is 71.2 Å². The molecule has 0 aliphatic heterocycles. The summed E-state index contributed by atoms with van der Waals surface area (Å²) in [5, 5.41) is 0.998. The van der Waals surface area contributed by atoms with Crippen LogP contribution in [0.4, 0.5) is 4.39 Å². The van der Waals surface area contributed by atoms with Crippen LogP contribution in [0.1, 0.15) is 29.4 Å². The largest absolute Gasteiger partial charge is 0.465 e. The number of rotatable bonds is 9. The Kier molecular flexibility index (Phi) is 6.55. The first-order chi connectivity index (χ1) is 16.0. The van der Waals surface area contributed by atoms with E-state index in [0.29, 0.717) is 36.6 Å². The number of allylic oxidation sites excluding steroid dienone is 1. The Labute approximate surface area is 191 Å². The molecule has 7 nitrogen and oxygen atoms in total. The summed E-state index contributed by atoms with van der Waals surface area (Å²) in [5.41, 5.74) is 3.68. The molecule has 0 amide bonds. The lowest BCUT2D eigenvalue weighted by Crippen LogP contribution is -2.09. The molecule has 0 saturated carbocycles. The maximum Gasteiger partial charge on any atom is 0.340 e. The van der Waals surface area contributed by atoms with Crippen LogP contribution in [0.25, 0.3) is 33.6 Å². The van der Waals surface area contributed by atoms with Crippen molar-refractivity contribution in [2.24, 2.45) is 0 Å². The fourth-order valence-corrected chi connectivity index (χ4v) is 4.01. The third-order valence-electron chi connectivity index (χ3n) is 5.71. The summed E-state index contributed by atoms with van der Waals surface area (Å²) < 4.78 is 28.8. The third kappa shape index (κ3) is 4.14. The van der Waals surface area contributed by atoms with Crippen LogP contribution >= 0.6 is 0 Å². The number of carbonyl (C=O) groups excluding carboxylic acids is 1. The molecule has 0 spiro atoms. The van der Waals surface area contributed by atoms with Crippen molar-refractivity contribution in [2.45, 2.75) is 32.9 Å². The van der Waals surface area contributed by atoms with Crippen LogP contribution in [0, 0.1) is 5.82 Å². The van der Waals surface area contributed by atoms with Crippen LogP contribution < -0.4 is 0 Å². The molecule has 4 aromatic rings. The Balaban J connectivity index is 1.99. The lowest BCUT2D eigenvalue weighted by molar-refractivity contribution is 0.0595. The number of hydrogen-bond donors (Lipinski definition) is 0. The monoisotopic (exact) mass is 450 g/mol. The molecule has 4 rings (SSSR count). The van der Waals surface area contributed by atoms with Gasteiger partial charge in [0.15, 0.2) is 5.82 Å². The van der Waals surface area contributed by atoms with Gasteiger partial charge in [0, 0.05) is 37.3 Å². The van der Waals surface area contributed by atoms with Gasteiger partial charge in [-0.3, -0.25) is 0 Å². The van der Waals surface area contributed by atoms with Crippen molar-refractivity contribution in [3.05, 3.63) is 60.1 Å². The normalized spacial score (nSPS) is 11.4. The first-order valence-electron chi connectivity index (χ1n) is 10.9. The van der Waals surface area contributed by atoms with Crippen molar-refractivity contribution in [2.75, 3.05) is 20.8 Å². The second-order valence-corrected chi connectivity index (χ2v) is 7.72. The van der Waals surface area contributed by atoms with E-state index in [0.717, 1.165) is 35.3 Å². The molecule has 0 aliphatic rings. The molecular formula is C25H27FN4O3. The molecule has 1 aromatic carbocycles. The van der Waals surface area contributed by atoms with Gasteiger partial charge in [0.2, 0.25) is 0 Å². The summed E-state index contributed by atoms with van der Waals surface area (Å²) in [4.78, 5) is 21.7. The number of hydrogen-bond acceptors (Lipinski definition) is 5. The number of methoxy groups -OCH3 is 2. The van der Waals surface area contributed by atoms with Crippen molar-refractivity contribution in [3.8, 4) is 11.5 Å². The molecule has 0 saturated heterocycles. The molecule has 33 heavy (non-hydrogen) atoms. The average molecular weight is 451 g/mol. The van der Waals surface area contributed by atoms with Crippen molar-refractivity contribution in [3.63, 3.8) is 0 Å². The Morgan fingerprint density at radius 2 is 1.97 bits per heavy atom. The summed E-state index contributed by atoms with van der Waals surface area (Å²) >= 11 is 0. The van der Waals surface area contributed by atoms with E-state index in [1.165, 1.54) is 19.2 Å². The summed E-state index contributed by atoms with van der Waals surface area (Å²) in [6.45, 7) is 7.50. The number of benzene rings is 1. The van der Waals surface area contributed by atoms with Crippen LogP contribution in [0.2, 0.25) is 0 Å². The van der Waals surface area contributed by atoms with E-state index < -0.39 is 11.8 Å². The smallest absolute Gasteiger partial charge is 0.340 e. The number of aromatic nitrogens is 4. The third-order valence-corrected chi connectivity index (χ3v) is 5.71. The number of fused-ring (bicyclic) bond motifs is 2. The highest BCUT2D eigenvalue weighted by molar-refractivity contribution is 5.95. The first kappa shape index (κ1) is 22.7. The summed E-state index contributed by atoms with van der Waals surface area (Å²) in [6.07, 6.45) is 3.46. The van der Waals surface area contributed by atoms with Crippen molar-refractivity contribution in [1.29, 1.82) is 0 Å². The molecule has 0 unspecified atom stereocenters. The molecule has 3 heterocycles. The van der Waals surface area contributed by atoms with Gasteiger partial charge in [-0.15, -0.1) is 6.58 Å². The second-order valence-electron chi connectivity index (χ2n) is 7.72. The molecular weight excluding hydrogens is 423 g/mol. The predicted octanol–water partition coefficient (Wildman–Crippen LogP) is 4.76. The van der Waals surface area contributed by atoms with E-state index in [2.05, 4.69) is 24.1 Å². The number of halogens is 1. The summed E-state index contributed by atoms with van der Waals surface area (Å²) in [7, 11) is 2.84. The molecule has 3 aromatic heterocycles. The van der Waals surface area contributed by atoms with Gasteiger partial charge >= 0.3 is 5.97 Å². The number of carbonyl (C=O) groups is 1. The minimum atomic E-state index is -0.737. The Morgan fingerprint density at radius 1 is 1.15 bits per heavy atom. The predicted molar refractivity (Wildman–Crippen MR) is 126 cm³/mol. The van der Waals surface area contributed by atoms with Gasteiger partial charge in [-0.2, -0.15) is 0 Å². The highest BCUT2D eigenvalue weighted by Gasteiger charge is 2.22. The van der Waals surface area contributed by atoms with E-state index in [-0.39, 0.29) is 5.56 Å². The maximum atomic E-state index is 14.8. The number of nitrogens with zero attached hydrogens (tertiary/aromatic N) is 4. The van der Waals surface area contributed by atoms with E-state index in [1.54, 1.807) is 7.11 Å². The van der Waals surface area contributed by atoms with E-state index in [1.807, 2.05) is 22.8 Å². The highest BCUT2D eigenvalue weighted by Crippen LogP contribution is 2.31. The Bertz CT molecular complexity index is 1340. The molecule has 0 N–H and O–H groups in total. The number of ether oxygens (including phenoxy) is 2. The van der Waals surface area contributed by atoms with E-state index in [4.69, 9.17) is 19.4 Å². The van der Waals surface area contributed by atoms with Crippen molar-refractivity contribution < 1.29 is 18.7 Å². The SMILES string of the molecule is C=CCCn1c(-c2nc3cc(C(=O)OC)c(F)cc3n2CCOC)cc2ccc(CC)nc21. The Morgan fingerprint density at radius 3 is 2.67 bits per heavy atom. The van der Waals surface area contributed by atoms with Gasteiger partial charge < -0.3 is 18.6 Å². The van der Waals surface area contributed by atoms with Crippen molar-refractivity contribution >= 4 is 28.0 Å². The lowest BCUT2D eigenvalue weighted by Gasteiger charge is -2.12. The van der Waals surface area contributed by atoms with Gasteiger partial charge in [0.05, 0.1) is 36.0 Å². The molecule has 0 bridgehead atoms. The molecule has 0 atom stereocenters. The molecule has 172 valence electrons. The van der Waals surface area contributed by atoms with Gasteiger partial charge in [-0.05, 0) is 37.1 Å². The van der Waals surface area contributed by atoms with E-state index in [9.17, 15) is 9.18 Å². The average Bonchev–Trinajstić information content (AvgIpc) is 3.36. The van der Waals surface area contributed by atoms with Crippen molar-refractivity contribution in [1.82, 2.24) is 19.1 Å². The summed E-state index contributed by atoms with van der Waals surface area (Å²) in [6, 6.07) is 8.90. The standard InChI is InChI=1S/C25H27FN4O3/c1-5-7-10-29-22(13-16-8-9-17(6-2)27-23(16)29)24-28-20-14-18(25(31)33-4)19(26)15-21(20)30(24)11-12-32-3/h5,8-9,13-15H,1,6-7,10-12H2,2-4H3. The first-order valence-corrected chi connectivity index (χ1v) is 10.9. The zero-order valence-electron chi connectivity index (χ0n) is 19.1. The molecule has 0 radical (unpaired) electrons. The van der Waals surface area contributed by atoms with Crippen LogP contribution in [0.5, 0.6) is 0 Å². The van der Waals surface area contributed by atoms with Crippen LogP contribution in [-0.2, 0) is 29.0 Å². The Hall–Kier alpha value is -3.52. The quantitative estimate of drug-likeness (QED) is 0.272. The zero-order valence-corrected chi connectivity index (χ0v) is 19.1. The molecule has 8 heteroatoms. The lowest BCUT2D eigenvalue weighted by atomic mass is 10.2. The zero-order chi connectivity index (χ0) is 23.5. The highest BCUT2D eigenvalue weighted by atomic mass is 19.1. The fourth-order valence-electron chi connectivity index (χ4n) is 4.01. The van der Waals surface area contributed by atoms with Crippen LogP contribution in [0.15, 0.2) is 43.0 Å². The van der Waals surface area contributed by atoms with Crippen LogP contribution in [-0.4, -0.2) is 45.9 Å². The second kappa shape index (κ2) is 9.54. The van der Waals surface area contributed by atoms with Gasteiger partial charge in [-0.25, -0.2) is 19.2 Å². The maximum absolute atomic E-state index is 14.8. The van der Waals surface area contributed by atoms with E-state index >= 15 is 0 Å². The minimum absolute atomic E-state index is 0.144. The molecule has 0 fully saturated rings. The minimum Gasteiger partial charge on any atom is -0.465 e. The number of aryl methyl sites for hydroxylation is 2. The van der Waals surface area contributed by atoms with Crippen LogP contribution in [0.3, 0.4) is 0 Å². The van der Waals surface area contributed by atoms with Gasteiger partial charge in [0.25, 0.3) is 0 Å². The number of imidazole rings is 1. The fraction of sp³-hybridized carbons (Fsp3) is 0.320. The summed E-state index contributed by atoms with van der Waals surface area (Å²) in [5.74, 6) is -0.733. The number of pyridine rings is 1.